The Bertz CT molecular complexity index is 158. The van der Waals surface area contributed by atoms with Crippen molar-refractivity contribution in [2.45, 2.75) is 64.6 Å². The molecule has 0 aliphatic carbocycles. The van der Waals surface area contributed by atoms with Gasteiger partial charge >= 0.3 is 6.18 Å². The summed E-state index contributed by atoms with van der Waals surface area (Å²) < 4.78 is 38.9. The van der Waals surface area contributed by atoms with E-state index in [2.05, 4.69) is 5.32 Å². The molecule has 0 saturated carbocycles. The van der Waals surface area contributed by atoms with Crippen LogP contribution in [0.4, 0.5) is 13.2 Å². The first-order valence-electron chi connectivity index (χ1n) is 5.75. The second-order valence-electron chi connectivity index (χ2n) is 3.96. The van der Waals surface area contributed by atoms with Gasteiger partial charge in [0.1, 0.15) is 5.54 Å². The Labute approximate surface area is 90.4 Å². The highest BCUT2D eigenvalue weighted by molar-refractivity contribution is 4.93. The molecule has 0 bridgehead atoms. The van der Waals surface area contributed by atoms with Crippen molar-refractivity contribution < 1.29 is 13.2 Å². The van der Waals surface area contributed by atoms with Gasteiger partial charge in [-0.3, -0.25) is 0 Å². The molecule has 4 heteroatoms. The fourth-order valence-electron chi connectivity index (χ4n) is 1.68. The van der Waals surface area contributed by atoms with Crippen molar-refractivity contribution in [2.75, 3.05) is 6.54 Å². The van der Waals surface area contributed by atoms with Crippen LogP contribution in [-0.2, 0) is 0 Å². The normalized spacial score (nSPS) is 16.4. The zero-order chi connectivity index (χ0) is 11.9. The summed E-state index contributed by atoms with van der Waals surface area (Å²) in [6.07, 6.45) is -1.72. The van der Waals surface area contributed by atoms with Crippen LogP contribution in [0.15, 0.2) is 0 Å². The van der Waals surface area contributed by atoms with Crippen LogP contribution >= 0.6 is 0 Å². The Kier molecular flexibility index (Phi) is 6.25. The zero-order valence-electron chi connectivity index (χ0n) is 9.88. The van der Waals surface area contributed by atoms with Gasteiger partial charge in [-0.1, -0.05) is 33.6 Å². The lowest BCUT2D eigenvalue weighted by atomic mass is 9.88. The van der Waals surface area contributed by atoms with Crippen LogP contribution in [0.1, 0.15) is 52.9 Å². The van der Waals surface area contributed by atoms with E-state index in [-0.39, 0.29) is 12.8 Å². The molecule has 0 aromatic carbocycles. The summed E-state index contributed by atoms with van der Waals surface area (Å²) in [5.74, 6) is 0. The number of unbranched alkanes of at least 4 members (excludes halogenated alkanes) is 1. The zero-order valence-corrected chi connectivity index (χ0v) is 9.88. The summed E-state index contributed by atoms with van der Waals surface area (Å²) >= 11 is 0. The molecule has 1 N–H and O–H groups in total. The first-order valence-corrected chi connectivity index (χ1v) is 5.75. The third-order valence-electron chi connectivity index (χ3n) is 2.82. The van der Waals surface area contributed by atoms with Gasteiger partial charge in [0, 0.05) is 0 Å². The van der Waals surface area contributed by atoms with Crippen molar-refractivity contribution in [3.63, 3.8) is 0 Å². The minimum Gasteiger partial charge on any atom is -0.304 e. The van der Waals surface area contributed by atoms with Crippen molar-refractivity contribution in [1.82, 2.24) is 5.32 Å². The Morgan fingerprint density at radius 2 is 1.60 bits per heavy atom. The van der Waals surface area contributed by atoms with Gasteiger partial charge in [-0.2, -0.15) is 13.2 Å². The van der Waals surface area contributed by atoms with Crippen LogP contribution in [0.2, 0.25) is 0 Å². The van der Waals surface area contributed by atoms with E-state index >= 15 is 0 Å². The molecular formula is C11H22F3N. The maximum absolute atomic E-state index is 13.0. The summed E-state index contributed by atoms with van der Waals surface area (Å²) in [4.78, 5) is 0. The van der Waals surface area contributed by atoms with Crippen LogP contribution in [0.25, 0.3) is 0 Å². The third kappa shape index (κ3) is 4.01. The predicted octanol–water partition coefficient (Wildman–Crippen LogP) is 3.89. The number of nitrogens with one attached hydrogen (secondary N) is 1. The number of alkyl halides is 3. The van der Waals surface area contributed by atoms with E-state index < -0.39 is 11.7 Å². The standard InChI is InChI=1S/C11H22F3N/c1-4-7-8-10(6-3,11(12,13)14)15-9-5-2/h15H,4-9H2,1-3H3. The van der Waals surface area contributed by atoms with Crippen molar-refractivity contribution in [3.05, 3.63) is 0 Å². The average Bonchev–Trinajstić information content (AvgIpc) is 2.17. The van der Waals surface area contributed by atoms with Crippen molar-refractivity contribution >= 4 is 0 Å². The molecule has 0 amide bonds. The highest BCUT2D eigenvalue weighted by Gasteiger charge is 2.52. The van der Waals surface area contributed by atoms with E-state index in [0.717, 1.165) is 12.8 Å². The highest BCUT2D eigenvalue weighted by Crippen LogP contribution is 2.37. The van der Waals surface area contributed by atoms with E-state index in [0.29, 0.717) is 13.0 Å². The SMILES string of the molecule is CCCCC(CC)(NCCC)C(F)(F)F. The molecule has 0 heterocycles. The molecule has 92 valence electrons. The molecule has 0 fully saturated rings. The second kappa shape index (κ2) is 6.36. The summed E-state index contributed by atoms with van der Waals surface area (Å²) in [6.45, 7) is 5.82. The van der Waals surface area contributed by atoms with E-state index in [1.807, 2.05) is 13.8 Å². The Morgan fingerprint density at radius 1 is 1.00 bits per heavy atom. The van der Waals surface area contributed by atoms with Gasteiger partial charge in [-0.15, -0.1) is 0 Å². The first-order chi connectivity index (χ1) is 6.93. The highest BCUT2D eigenvalue weighted by atomic mass is 19.4. The van der Waals surface area contributed by atoms with Crippen LogP contribution in [-0.4, -0.2) is 18.3 Å². The van der Waals surface area contributed by atoms with E-state index in [4.69, 9.17) is 0 Å². The number of halogens is 3. The van der Waals surface area contributed by atoms with Gasteiger partial charge < -0.3 is 5.32 Å². The lowest BCUT2D eigenvalue weighted by Crippen LogP contribution is -2.56. The first kappa shape index (κ1) is 14.8. The van der Waals surface area contributed by atoms with Gasteiger partial charge in [0.2, 0.25) is 0 Å². The monoisotopic (exact) mass is 225 g/mol. The molecule has 0 rings (SSSR count). The summed E-state index contributed by atoms with van der Waals surface area (Å²) in [5.41, 5.74) is -1.67. The van der Waals surface area contributed by atoms with Gasteiger partial charge in [0.25, 0.3) is 0 Å². The summed E-state index contributed by atoms with van der Waals surface area (Å²) in [7, 11) is 0. The second-order valence-corrected chi connectivity index (χ2v) is 3.96. The smallest absolute Gasteiger partial charge is 0.304 e. The van der Waals surface area contributed by atoms with Crippen molar-refractivity contribution in [1.29, 1.82) is 0 Å². The molecular weight excluding hydrogens is 203 g/mol. The molecule has 0 aliphatic heterocycles. The molecule has 1 unspecified atom stereocenters. The summed E-state index contributed by atoms with van der Waals surface area (Å²) in [6, 6.07) is 0. The molecule has 0 aromatic rings. The quantitative estimate of drug-likeness (QED) is 0.693. The third-order valence-corrected chi connectivity index (χ3v) is 2.82. The molecule has 0 spiro atoms. The Balaban J connectivity index is 4.60. The van der Waals surface area contributed by atoms with Crippen LogP contribution < -0.4 is 5.32 Å². The predicted molar refractivity (Wildman–Crippen MR) is 56.9 cm³/mol. The van der Waals surface area contributed by atoms with E-state index in [9.17, 15) is 13.2 Å². The van der Waals surface area contributed by atoms with Gasteiger partial charge in [-0.25, -0.2) is 0 Å². The largest absolute Gasteiger partial charge is 0.406 e. The fraction of sp³-hybridized carbons (Fsp3) is 1.00. The Morgan fingerprint density at radius 3 is 1.93 bits per heavy atom. The molecule has 0 saturated heterocycles. The summed E-state index contributed by atoms with van der Waals surface area (Å²) in [5, 5.41) is 2.68. The molecule has 0 aliphatic rings. The van der Waals surface area contributed by atoms with Crippen LogP contribution in [0.5, 0.6) is 0 Å². The van der Waals surface area contributed by atoms with E-state index in [1.165, 1.54) is 0 Å². The minimum atomic E-state index is -4.15. The van der Waals surface area contributed by atoms with Gasteiger partial charge in [-0.05, 0) is 25.8 Å². The van der Waals surface area contributed by atoms with Gasteiger partial charge in [0.15, 0.2) is 0 Å². The Hall–Kier alpha value is -0.250. The molecule has 0 radical (unpaired) electrons. The number of hydrogen-bond acceptors (Lipinski definition) is 1. The molecule has 0 aromatic heterocycles. The van der Waals surface area contributed by atoms with Crippen LogP contribution in [0, 0.1) is 0 Å². The maximum Gasteiger partial charge on any atom is 0.406 e. The number of hydrogen-bond donors (Lipinski definition) is 1. The lowest BCUT2D eigenvalue weighted by molar-refractivity contribution is -0.200. The lowest BCUT2D eigenvalue weighted by Gasteiger charge is -2.36. The fourth-order valence-corrected chi connectivity index (χ4v) is 1.68. The molecule has 15 heavy (non-hydrogen) atoms. The maximum atomic E-state index is 13.0. The van der Waals surface area contributed by atoms with Gasteiger partial charge in [0.05, 0.1) is 0 Å². The molecule has 1 nitrogen and oxygen atoms in total. The minimum absolute atomic E-state index is 0.108. The topological polar surface area (TPSA) is 12.0 Å². The van der Waals surface area contributed by atoms with E-state index in [1.54, 1.807) is 6.92 Å². The molecule has 1 atom stereocenters. The number of rotatable bonds is 7. The van der Waals surface area contributed by atoms with Crippen molar-refractivity contribution in [3.8, 4) is 0 Å². The van der Waals surface area contributed by atoms with Crippen LogP contribution in [0.3, 0.4) is 0 Å². The average molecular weight is 225 g/mol. The van der Waals surface area contributed by atoms with Crippen molar-refractivity contribution in [2.24, 2.45) is 0 Å².